The molecule has 5 rings (SSSR count). The van der Waals surface area contributed by atoms with Crippen LogP contribution >= 0.6 is 23.4 Å². The van der Waals surface area contributed by atoms with Gasteiger partial charge in [-0.15, -0.1) is 11.8 Å². The lowest BCUT2D eigenvalue weighted by molar-refractivity contribution is 0.477. The van der Waals surface area contributed by atoms with Gasteiger partial charge in [0.1, 0.15) is 17.5 Å². The van der Waals surface area contributed by atoms with Gasteiger partial charge >= 0.3 is 5.69 Å². The number of aromatic nitrogens is 2. The highest BCUT2D eigenvalue weighted by molar-refractivity contribution is 7.99. The Bertz CT molecular complexity index is 1340. The zero-order chi connectivity index (χ0) is 22.4. The maximum atomic E-state index is 14.7. The number of piperazine rings is 1. The topological polar surface area (TPSA) is 74.0 Å². The summed E-state index contributed by atoms with van der Waals surface area (Å²) >= 11 is 8.18. The van der Waals surface area contributed by atoms with Crippen LogP contribution < -0.4 is 15.9 Å². The van der Waals surface area contributed by atoms with Crippen molar-refractivity contribution in [3.63, 3.8) is 0 Å². The van der Waals surface area contributed by atoms with E-state index in [0.717, 1.165) is 6.07 Å². The second kappa shape index (κ2) is 8.35. The number of nitrogens with zero attached hydrogens (tertiary/aromatic N) is 4. The molecule has 1 atom stereocenters. The molecule has 1 unspecified atom stereocenters. The highest BCUT2D eigenvalue weighted by Gasteiger charge is 2.30. The van der Waals surface area contributed by atoms with Gasteiger partial charge in [0.05, 0.1) is 29.1 Å². The fourth-order valence-corrected chi connectivity index (χ4v) is 6.00. The smallest absolute Gasteiger partial charge is 0.349 e. The van der Waals surface area contributed by atoms with Gasteiger partial charge in [0.15, 0.2) is 0 Å². The van der Waals surface area contributed by atoms with Crippen LogP contribution in [0.5, 0.6) is 0 Å². The van der Waals surface area contributed by atoms with Crippen LogP contribution in [0.15, 0.2) is 34.0 Å². The van der Waals surface area contributed by atoms with E-state index in [2.05, 4.69) is 16.4 Å². The fourth-order valence-electron chi connectivity index (χ4n) is 4.44. The van der Waals surface area contributed by atoms with Crippen molar-refractivity contribution in [1.29, 1.82) is 5.26 Å². The first-order chi connectivity index (χ1) is 15.5. The number of nitriles is 1. The number of aryl methyl sites for hydroxylation is 1. The summed E-state index contributed by atoms with van der Waals surface area (Å²) in [5.74, 6) is -0.299. The number of hydrogen-bond acceptors (Lipinski definition) is 6. The monoisotopic (exact) mass is 473 g/mol. The molecule has 6 nitrogen and oxygen atoms in total. The van der Waals surface area contributed by atoms with Crippen LogP contribution in [0, 0.1) is 23.0 Å². The molecule has 32 heavy (non-hydrogen) atoms. The zero-order valence-electron chi connectivity index (χ0n) is 16.9. The summed E-state index contributed by atoms with van der Waals surface area (Å²) in [5.41, 5.74) is 0.884. The van der Waals surface area contributed by atoms with Gasteiger partial charge in [-0.05, 0) is 18.2 Å². The second-order valence-corrected chi connectivity index (χ2v) is 9.23. The van der Waals surface area contributed by atoms with Gasteiger partial charge in [0, 0.05) is 59.4 Å². The van der Waals surface area contributed by atoms with Gasteiger partial charge in [0.25, 0.3) is 0 Å². The number of rotatable bonds is 3. The Balaban J connectivity index is 1.81. The van der Waals surface area contributed by atoms with Crippen molar-refractivity contribution in [2.24, 2.45) is 0 Å². The summed E-state index contributed by atoms with van der Waals surface area (Å²) in [7, 11) is 0. The van der Waals surface area contributed by atoms with Crippen LogP contribution in [0.2, 0.25) is 5.02 Å². The Morgan fingerprint density at radius 1 is 1.31 bits per heavy atom. The third-order valence-corrected chi connectivity index (χ3v) is 7.23. The lowest BCUT2D eigenvalue weighted by Crippen LogP contribution is -2.52. The molecule has 1 fully saturated rings. The Hall–Kier alpha value is -2.67. The molecule has 2 aliphatic heterocycles. The average Bonchev–Trinajstić information content (AvgIpc) is 2.78. The lowest BCUT2D eigenvalue weighted by atomic mass is 10.0. The average molecular weight is 474 g/mol. The second-order valence-electron chi connectivity index (χ2n) is 7.71. The van der Waals surface area contributed by atoms with E-state index in [4.69, 9.17) is 11.6 Å². The maximum Gasteiger partial charge on any atom is 0.350 e. The summed E-state index contributed by atoms with van der Waals surface area (Å²) in [6, 6.07) is 7.16. The van der Waals surface area contributed by atoms with Gasteiger partial charge in [-0.1, -0.05) is 11.6 Å². The Kier molecular flexibility index (Phi) is 5.53. The summed E-state index contributed by atoms with van der Waals surface area (Å²) in [6.45, 7) is 2.36. The van der Waals surface area contributed by atoms with Gasteiger partial charge in [-0.2, -0.15) is 10.2 Å². The predicted molar refractivity (Wildman–Crippen MR) is 121 cm³/mol. The van der Waals surface area contributed by atoms with Crippen molar-refractivity contribution in [2.45, 2.75) is 23.9 Å². The molecule has 0 bridgehead atoms. The number of hydrogen-bond donors (Lipinski definition) is 1. The van der Waals surface area contributed by atoms with Crippen LogP contribution in [0.1, 0.15) is 6.42 Å². The van der Waals surface area contributed by atoms with E-state index in [1.54, 1.807) is 10.6 Å². The molecule has 0 radical (unpaired) electrons. The fraction of sp³-hybridized carbons (Fsp3) is 0.318. The first-order valence-corrected chi connectivity index (χ1v) is 11.6. The molecule has 1 saturated heterocycles. The number of thioether (sulfide) groups is 1. The predicted octanol–water partition coefficient (Wildman–Crippen LogP) is 3.79. The number of halogens is 3. The minimum Gasteiger partial charge on any atom is -0.349 e. The number of anilines is 1. The van der Waals surface area contributed by atoms with Crippen molar-refractivity contribution < 1.29 is 8.78 Å². The standard InChI is InChI=1S/C22H18ClF2N5OS/c23-16-10-15-19-20(18(16)14-2-1-12(24)9-17(14)25)32-8-7-30(19)22(31)28-21(15)29-6-5-27-11-13(29)3-4-26/h1-2,9-10,13,27H,3,5-8,11H2. The third kappa shape index (κ3) is 3.43. The molecular formula is C22H18ClF2N5OS. The van der Waals surface area contributed by atoms with Gasteiger partial charge < -0.3 is 10.2 Å². The molecule has 10 heteroatoms. The normalized spacial score (nSPS) is 18.1. The van der Waals surface area contributed by atoms with Crippen molar-refractivity contribution in [2.75, 3.05) is 30.3 Å². The molecule has 0 amide bonds. The maximum absolute atomic E-state index is 14.7. The summed E-state index contributed by atoms with van der Waals surface area (Å²) in [6.07, 6.45) is 0.285. The molecule has 3 aromatic rings. The molecule has 0 saturated carbocycles. The van der Waals surface area contributed by atoms with E-state index in [9.17, 15) is 18.8 Å². The number of benzene rings is 2. The first kappa shape index (κ1) is 21.2. The molecule has 164 valence electrons. The van der Waals surface area contributed by atoms with Crippen molar-refractivity contribution in [1.82, 2.24) is 14.9 Å². The number of nitrogens with one attached hydrogen (secondary N) is 1. The van der Waals surface area contributed by atoms with Crippen molar-refractivity contribution >= 4 is 40.1 Å². The van der Waals surface area contributed by atoms with E-state index in [1.807, 2.05) is 4.90 Å². The SMILES string of the molecule is N#CCC1CNCCN1c1nc(=O)n2c3c(c(-c4ccc(F)cc4F)c(Cl)cc13)SCC2. The molecule has 2 aliphatic rings. The van der Waals surface area contributed by atoms with Gasteiger partial charge in [0.2, 0.25) is 0 Å². The third-order valence-electron chi connectivity index (χ3n) is 5.86. The zero-order valence-corrected chi connectivity index (χ0v) is 18.4. The highest BCUT2D eigenvalue weighted by atomic mass is 35.5. The van der Waals surface area contributed by atoms with E-state index >= 15 is 0 Å². The summed E-state index contributed by atoms with van der Waals surface area (Å²) in [5, 5.41) is 13.5. The van der Waals surface area contributed by atoms with E-state index in [0.29, 0.717) is 64.1 Å². The lowest BCUT2D eigenvalue weighted by Gasteiger charge is -2.37. The van der Waals surface area contributed by atoms with E-state index < -0.39 is 17.3 Å². The molecular weight excluding hydrogens is 456 g/mol. The highest BCUT2D eigenvalue weighted by Crippen LogP contribution is 2.46. The van der Waals surface area contributed by atoms with Crippen LogP contribution in [0.4, 0.5) is 14.6 Å². The quantitative estimate of drug-likeness (QED) is 0.624. The van der Waals surface area contributed by atoms with Crippen molar-refractivity contribution in [3.05, 3.63) is 51.4 Å². The molecule has 3 heterocycles. The molecule has 0 aliphatic carbocycles. The Morgan fingerprint density at radius 3 is 2.94 bits per heavy atom. The van der Waals surface area contributed by atoms with Crippen LogP contribution in [-0.2, 0) is 6.54 Å². The Labute approximate surface area is 191 Å². The molecule has 2 aromatic carbocycles. The largest absolute Gasteiger partial charge is 0.350 e. The van der Waals surface area contributed by atoms with Crippen molar-refractivity contribution in [3.8, 4) is 17.2 Å². The van der Waals surface area contributed by atoms with E-state index in [1.165, 1.54) is 23.9 Å². The van der Waals surface area contributed by atoms with Gasteiger partial charge in [-0.3, -0.25) is 4.57 Å². The molecule has 1 N–H and O–H groups in total. The van der Waals surface area contributed by atoms with E-state index in [-0.39, 0.29) is 18.0 Å². The molecule has 0 spiro atoms. The van der Waals surface area contributed by atoms with Crippen LogP contribution in [0.25, 0.3) is 22.0 Å². The molecule has 1 aromatic heterocycles. The minimum absolute atomic E-state index is 0.133. The van der Waals surface area contributed by atoms with Crippen LogP contribution in [-0.4, -0.2) is 41.0 Å². The Morgan fingerprint density at radius 2 is 2.16 bits per heavy atom. The first-order valence-electron chi connectivity index (χ1n) is 10.2. The summed E-state index contributed by atoms with van der Waals surface area (Å²) < 4.78 is 29.8. The minimum atomic E-state index is -0.715. The van der Waals surface area contributed by atoms with Crippen LogP contribution in [0.3, 0.4) is 0 Å². The van der Waals surface area contributed by atoms with Gasteiger partial charge in [-0.25, -0.2) is 13.6 Å². The summed E-state index contributed by atoms with van der Waals surface area (Å²) in [4.78, 5) is 20.0.